The third-order valence-corrected chi connectivity index (χ3v) is 4.22. The summed E-state index contributed by atoms with van der Waals surface area (Å²) in [4.78, 5) is 24.1. The van der Waals surface area contributed by atoms with Gasteiger partial charge in [-0.2, -0.15) is 0 Å². The number of hydrogen-bond donors (Lipinski definition) is 2. The average Bonchev–Trinajstić information content (AvgIpc) is 2.85. The summed E-state index contributed by atoms with van der Waals surface area (Å²) in [6.07, 6.45) is 0. The highest BCUT2D eigenvalue weighted by atomic mass is 16.5. The van der Waals surface area contributed by atoms with Crippen molar-refractivity contribution in [2.75, 3.05) is 26.9 Å². The number of hydrazine groups is 1. The summed E-state index contributed by atoms with van der Waals surface area (Å²) in [5.41, 5.74) is 5.02. The van der Waals surface area contributed by atoms with E-state index in [1.807, 2.05) is 30.3 Å². The molecule has 3 rings (SSSR count). The number of hydrogen-bond acceptors (Lipinski definition) is 6. The summed E-state index contributed by atoms with van der Waals surface area (Å²) < 4.78 is 21.7. The van der Waals surface area contributed by atoms with Gasteiger partial charge in [0.05, 0.1) is 7.11 Å². The first kappa shape index (κ1) is 22.5. The summed E-state index contributed by atoms with van der Waals surface area (Å²) in [6, 6.07) is 23.0. The van der Waals surface area contributed by atoms with Crippen LogP contribution in [0.4, 0.5) is 0 Å². The number of ether oxygens (including phenoxy) is 4. The van der Waals surface area contributed by atoms with Crippen molar-refractivity contribution in [1.29, 1.82) is 0 Å². The van der Waals surface area contributed by atoms with Crippen LogP contribution in [0.2, 0.25) is 0 Å². The molecule has 0 aliphatic heterocycles. The number of carbonyl (C=O) groups is 2. The molecule has 0 radical (unpaired) electrons. The van der Waals surface area contributed by atoms with Crippen LogP contribution >= 0.6 is 0 Å². The van der Waals surface area contributed by atoms with Crippen molar-refractivity contribution in [3.8, 4) is 23.0 Å². The van der Waals surface area contributed by atoms with E-state index in [1.54, 1.807) is 48.5 Å². The van der Waals surface area contributed by atoms with Crippen molar-refractivity contribution >= 4 is 11.8 Å². The van der Waals surface area contributed by atoms with Gasteiger partial charge in [0, 0.05) is 5.56 Å². The first-order chi connectivity index (χ1) is 15.7. The Morgan fingerprint density at radius 2 is 1.28 bits per heavy atom. The van der Waals surface area contributed by atoms with Crippen LogP contribution in [0.3, 0.4) is 0 Å². The molecule has 0 spiro atoms. The minimum atomic E-state index is -0.511. The van der Waals surface area contributed by atoms with Crippen molar-refractivity contribution in [1.82, 2.24) is 10.9 Å². The molecule has 2 N–H and O–H groups in total. The maximum Gasteiger partial charge on any atom is 0.276 e. The van der Waals surface area contributed by atoms with Crippen LogP contribution in [-0.2, 0) is 4.79 Å². The Morgan fingerprint density at radius 3 is 1.94 bits per heavy atom. The van der Waals surface area contributed by atoms with Gasteiger partial charge in [-0.3, -0.25) is 20.4 Å². The second-order valence-corrected chi connectivity index (χ2v) is 6.48. The van der Waals surface area contributed by atoms with Crippen LogP contribution < -0.4 is 29.8 Å². The summed E-state index contributed by atoms with van der Waals surface area (Å²) >= 11 is 0. The molecule has 32 heavy (non-hydrogen) atoms. The van der Waals surface area contributed by atoms with Gasteiger partial charge in [-0.1, -0.05) is 30.3 Å². The maximum absolute atomic E-state index is 12.2. The molecule has 0 aliphatic carbocycles. The Labute approximate surface area is 186 Å². The summed E-state index contributed by atoms with van der Waals surface area (Å²) in [5, 5.41) is 0. The lowest BCUT2D eigenvalue weighted by Crippen LogP contribution is -2.43. The van der Waals surface area contributed by atoms with Crippen molar-refractivity contribution in [3.63, 3.8) is 0 Å². The van der Waals surface area contributed by atoms with Crippen LogP contribution in [-0.4, -0.2) is 38.7 Å². The molecule has 0 atom stereocenters. The molecule has 8 heteroatoms. The highest BCUT2D eigenvalue weighted by Gasteiger charge is 2.10. The highest BCUT2D eigenvalue weighted by Crippen LogP contribution is 2.25. The Morgan fingerprint density at radius 1 is 0.688 bits per heavy atom. The number of methoxy groups -OCH3 is 1. The van der Waals surface area contributed by atoms with E-state index in [9.17, 15) is 9.59 Å². The van der Waals surface area contributed by atoms with Gasteiger partial charge >= 0.3 is 0 Å². The lowest BCUT2D eigenvalue weighted by molar-refractivity contribution is -0.123. The minimum absolute atomic E-state index is 0.279. The zero-order valence-corrected chi connectivity index (χ0v) is 17.6. The molecule has 0 saturated heterocycles. The van der Waals surface area contributed by atoms with E-state index < -0.39 is 11.8 Å². The Kier molecular flexibility index (Phi) is 8.33. The van der Waals surface area contributed by atoms with Crippen LogP contribution in [0.25, 0.3) is 0 Å². The molecule has 166 valence electrons. The summed E-state index contributed by atoms with van der Waals surface area (Å²) in [6.45, 7) is 0.483. The Balaban J connectivity index is 1.37. The minimum Gasteiger partial charge on any atom is -0.493 e. The molecule has 3 aromatic carbocycles. The van der Waals surface area contributed by atoms with Crippen LogP contribution in [0.5, 0.6) is 23.0 Å². The molecule has 8 nitrogen and oxygen atoms in total. The smallest absolute Gasteiger partial charge is 0.276 e. The summed E-state index contributed by atoms with van der Waals surface area (Å²) in [7, 11) is 1.51. The normalized spacial score (nSPS) is 10.0. The molecule has 0 unspecified atom stereocenters. The molecule has 0 aromatic heterocycles. The molecule has 0 saturated carbocycles. The van der Waals surface area contributed by atoms with Gasteiger partial charge in [-0.25, -0.2) is 0 Å². The van der Waals surface area contributed by atoms with Crippen molar-refractivity contribution < 1.29 is 28.5 Å². The fraction of sp³-hybridized carbons (Fsp3) is 0.167. The number of nitrogens with one attached hydrogen (secondary N) is 2. The highest BCUT2D eigenvalue weighted by molar-refractivity contribution is 5.95. The molecular weight excluding hydrogens is 412 g/mol. The van der Waals surface area contributed by atoms with Crippen LogP contribution in [0.15, 0.2) is 78.9 Å². The predicted molar refractivity (Wildman–Crippen MR) is 118 cm³/mol. The number of para-hydroxylation sites is 3. The number of benzene rings is 3. The molecule has 3 aromatic rings. The molecule has 0 aliphatic rings. The third-order valence-electron chi connectivity index (χ3n) is 4.22. The van der Waals surface area contributed by atoms with Gasteiger partial charge in [-0.05, 0) is 48.5 Å². The summed E-state index contributed by atoms with van der Waals surface area (Å²) in [5.74, 6) is 1.35. The van der Waals surface area contributed by atoms with Crippen molar-refractivity contribution in [2.45, 2.75) is 0 Å². The van der Waals surface area contributed by atoms with E-state index in [-0.39, 0.29) is 6.61 Å². The topological polar surface area (TPSA) is 95.1 Å². The lowest BCUT2D eigenvalue weighted by Gasteiger charge is -2.11. The van der Waals surface area contributed by atoms with Gasteiger partial charge < -0.3 is 18.9 Å². The number of amides is 2. The lowest BCUT2D eigenvalue weighted by atomic mass is 10.2. The maximum atomic E-state index is 12.2. The van der Waals surface area contributed by atoms with Gasteiger partial charge in [0.25, 0.3) is 11.8 Å². The van der Waals surface area contributed by atoms with Gasteiger partial charge in [0.1, 0.15) is 24.7 Å². The van der Waals surface area contributed by atoms with Gasteiger partial charge in [0.15, 0.2) is 18.1 Å². The zero-order valence-electron chi connectivity index (χ0n) is 17.6. The van der Waals surface area contributed by atoms with E-state index in [4.69, 9.17) is 18.9 Å². The van der Waals surface area contributed by atoms with E-state index in [2.05, 4.69) is 10.9 Å². The van der Waals surface area contributed by atoms with Gasteiger partial charge in [-0.15, -0.1) is 0 Å². The molecule has 0 fully saturated rings. The quantitative estimate of drug-likeness (QED) is 0.375. The SMILES string of the molecule is COc1ccccc1OCC(=O)NNC(=O)c1ccc(OCCOc2ccccc2)cc1. The molecule has 0 heterocycles. The Hall–Kier alpha value is -4.20. The molecule has 0 bridgehead atoms. The van der Waals surface area contributed by atoms with Crippen LogP contribution in [0.1, 0.15) is 10.4 Å². The first-order valence-electron chi connectivity index (χ1n) is 9.91. The van der Waals surface area contributed by atoms with E-state index in [0.717, 1.165) is 5.75 Å². The van der Waals surface area contributed by atoms with Crippen molar-refractivity contribution in [3.05, 3.63) is 84.4 Å². The standard InChI is InChI=1S/C24H24N2O6/c1-29-21-9-5-6-10-22(21)32-17-23(27)25-26-24(28)18-11-13-20(14-12-18)31-16-15-30-19-7-3-2-4-8-19/h2-14H,15-17H2,1H3,(H,25,27)(H,26,28). The fourth-order valence-electron chi connectivity index (χ4n) is 2.65. The number of rotatable bonds is 10. The van der Waals surface area contributed by atoms with Crippen molar-refractivity contribution in [2.24, 2.45) is 0 Å². The van der Waals surface area contributed by atoms with Gasteiger partial charge in [0.2, 0.25) is 0 Å². The molecule has 2 amide bonds. The fourth-order valence-corrected chi connectivity index (χ4v) is 2.65. The second-order valence-electron chi connectivity index (χ2n) is 6.48. The third kappa shape index (κ3) is 6.94. The predicted octanol–water partition coefficient (Wildman–Crippen LogP) is 2.99. The number of carbonyl (C=O) groups excluding carboxylic acids is 2. The zero-order chi connectivity index (χ0) is 22.6. The van der Waals surface area contributed by atoms with E-state index in [1.165, 1.54) is 7.11 Å². The first-order valence-corrected chi connectivity index (χ1v) is 9.91. The Bertz CT molecular complexity index is 1010. The molecular formula is C24H24N2O6. The van der Waals surface area contributed by atoms with E-state index in [0.29, 0.717) is 36.0 Å². The average molecular weight is 436 g/mol. The monoisotopic (exact) mass is 436 g/mol. The van der Waals surface area contributed by atoms with Crippen LogP contribution in [0, 0.1) is 0 Å². The second kappa shape index (κ2) is 11.8. The largest absolute Gasteiger partial charge is 0.493 e. The van der Waals surface area contributed by atoms with E-state index >= 15 is 0 Å².